The molecule has 0 aliphatic heterocycles. The van der Waals surface area contributed by atoms with Crippen LogP contribution in [0.2, 0.25) is 0 Å². The van der Waals surface area contributed by atoms with Crippen LogP contribution in [0.25, 0.3) is 0 Å². The van der Waals surface area contributed by atoms with Gasteiger partial charge in [-0.3, -0.25) is 0 Å². The van der Waals surface area contributed by atoms with E-state index in [9.17, 15) is 18.1 Å². The number of nitriles is 1. The molecule has 0 heterocycles. The Kier molecular flexibility index (Phi) is 4.35. The Hall–Kier alpha value is -1.45. The van der Waals surface area contributed by atoms with Gasteiger partial charge in [0.05, 0.1) is 11.0 Å². The van der Waals surface area contributed by atoms with Crippen molar-refractivity contribution in [1.82, 2.24) is 4.72 Å². The third-order valence-electron chi connectivity index (χ3n) is 3.98. The number of hydrogen-bond acceptors (Lipinski definition) is 3. The van der Waals surface area contributed by atoms with Gasteiger partial charge < -0.3 is 0 Å². The van der Waals surface area contributed by atoms with Crippen molar-refractivity contribution in [2.45, 2.75) is 50.0 Å². The summed E-state index contributed by atoms with van der Waals surface area (Å²) in [7, 11) is -3.83. The Balaban J connectivity index is 2.31. The largest absolute Gasteiger partial charge is 0.241 e. The summed E-state index contributed by atoms with van der Waals surface area (Å²) in [5.74, 6) is -0.147. The summed E-state index contributed by atoms with van der Waals surface area (Å²) in [6.07, 6.45) is 2.83. The molecule has 0 radical (unpaired) electrons. The summed E-state index contributed by atoms with van der Waals surface area (Å²) in [6.45, 7) is 3.53. The fraction of sp³-hybridized carbons (Fsp3) is 0.533. The van der Waals surface area contributed by atoms with E-state index in [4.69, 9.17) is 0 Å². The minimum Gasteiger partial charge on any atom is -0.207 e. The van der Waals surface area contributed by atoms with Gasteiger partial charge in [0.2, 0.25) is 10.0 Å². The van der Waals surface area contributed by atoms with Crippen molar-refractivity contribution in [3.63, 3.8) is 0 Å². The first-order chi connectivity index (χ1) is 9.78. The molecule has 1 fully saturated rings. The minimum atomic E-state index is -3.83. The molecule has 1 aliphatic carbocycles. The number of nitrogens with zero attached hydrogens (tertiary/aromatic N) is 1. The molecule has 2 rings (SSSR count). The van der Waals surface area contributed by atoms with Crippen molar-refractivity contribution in [2.24, 2.45) is 5.92 Å². The highest BCUT2D eigenvalue weighted by molar-refractivity contribution is 7.89. The maximum Gasteiger partial charge on any atom is 0.241 e. The Morgan fingerprint density at radius 1 is 1.48 bits per heavy atom. The lowest BCUT2D eigenvalue weighted by atomic mass is 9.78. The second-order valence-electron chi connectivity index (χ2n) is 5.91. The van der Waals surface area contributed by atoms with Gasteiger partial charge in [0.1, 0.15) is 11.4 Å². The van der Waals surface area contributed by atoms with Crippen LogP contribution in [-0.2, 0) is 10.0 Å². The molecular formula is C15H19FN2O2S. The van der Waals surface area contributed by atoms with E-state index in [-0.39, 0.29) is 10.5 Å². The molecule has 6 heteroatoms. The second kappa shape index (κ2) is 5.74. The highest BCUT2D eigenvalue weighted by Gasteiger charge is 2.39. The first-order valence-corrected chi connectivity index (χ1v) is 8.48. The molecule has 0 unspecified atom stereocenters. The molecule has 1 aliphatic rings. The minimum absolute atomic E-state index is 0.00532. The maximum atomic E-state index is 13.3. The predicted octanol–water partition coefficient (Wildman–Crippen LogP) is 2.88. The zero-order valence-corrected chi connectivity index (χ0v) is 13.0. The summed E-state index contributed by atoms with van der Waals surface area (Å²) in [5, 5.41) is 9.43. The van der Waals surface area contributed by atoms with E-state index in [1.165, 1.54) is 19.1 Å². The molecule has 1 aromatic carbocycles. The van der Waals surface area contributed by atoms with Crippen LogP contribution in [0.4, 0.5) is 4.39 Å². The normalized spacial score (nSPS) is 26.3. The van der Waals surface area contributed by atoms with Crippen LogP contribution in [-0.4, -0.2) is 14.0 Å². The molecule has 1 aromatic rings. The van der Waals surface area contributed by atoms with Gasteiger partial charge in [-0.05, 0) is 49.4 Å². The third-order valence-corrected chi connectivity index (χ3v) is 5.51. The van der Waals surface area contributed by atoms with Crippen LogP contribution in [0.3, 0.4) is 0 Å². The summed E-state index contributed by atoms with van der Waals surface area (Å²) in [5.41, 5.74) is -0.792. The molecule has 0 bridgehead atoms. The summed E-state index contributed by atoms with van der Waals surface area (Å²) < 4.78 is 40.7. The Bertz CT molecular complexity index is 681. The quantitative estimate of drug-likeness (QED) is 0.933. The molecule has 0 aromatic heterocycles. The van der Waals surface area contributed by atoms with Crippen molar-refractivity contribution >= 4 is 10.0 Å². The van der Waals surface area contributed by atoms with E-state index in [0.717, 1.165) is 18.9 Å². The predicted molar refractivity (Wildman–Crippen MR) is 77.4 cm³/mol. The average Bonchev–Trinajstić information content (AvgIpc) is 2.41. The molecule has 1 N–H and O–H groups in total. The SMILES string of the molecule is Cc1cc(S(=O)(=O)N[C@@]2(C#N)CCC[C@@H](C)C2)ccc1F. The van der Waals surface area contributed by atoms with E-state index in [1.54, 1.807) is 0 Å². The molecule has 21 heavy (non-hydrogen) atoms. The van der Waals surface area contributed by atoms with Crippen molar-refractivity contribution < 1.29 is 12.8 Å². The number of nitrogens with one attached hydrogen (secondary N) is 1. The third kappa shape index (κ3) is 3.42. The highest BCUT2D eigenvalue weighted by Crippen LogP contribution is 2.33. The number of hydrogen-bond donors (Lipinski definition) is 1. The fourth-order valence-corrected chi connectivity index (χ4v) is 4.31. The van der Waals surface area contributed by atoms with Crippen LogP contribution in [0.5, 0.6) is 0 Å². The maximum absolute atomic E-state index is 13.3. The second-order valence-corrected chi connectivity index (χ2v) is 7.59. The molecule has 4 nitrogen and oxygen atoms in total. The lowest BCUT2D eigenvalue weighted by Gasteiger charge is -2.34. The van der Waals surface area contributed by atoms with Crippen LogP contribution in [0.15, 0.2) is 23.1 Å². The van der Waals surface area contributed by atoms with Gasteiger partial charge in [0.15, 0.2) is 0 Å². The lowest BCUT2D eigenvalue weighted by Crippen LogP contribution is -2.49. The molecule has 0 spiro atoms. The van der Waals surface area contributed by atoms with E-state index in [2.05, 4.69) is 10.8 Å². The fourth-order valence-electron chi connectivity index (χ4n) is 2.87. The Morgan fingerprint density at radius 2 is 2.19 bits per heavy atom. The van der Waals surface area contributed by atoms with Crippen LogP contribution in [0, 0.1) is 30.0 Å². The number of halogens is 1. The summed E-state index contributed by atoms with van der Waals surface area (Å²) in [6, 6.07) is 5.78. The Morgan fingerprint density at radius 3 is 2.76 bits per heavy atom. The number of sulfonamides is 1. The van der Waals surface area contributed by atoms with Crippen molar-refractivity contribution in [3.8, 4) is 6.07 Å². The smallest absolute Gasteiger partial charge is 0.207 e. The van der Waals surface area contributed by atoms with Gasteiger partial charge >= 0.3 is 0 Å². The van der Waals surface area contributed by atoms with Gasteiger partial charge in [-0.2, -0.15) is 9.98 Å². The molecule has 1 saturated carbocycles. The molecular weight excluding hydrogens is 291 g/mol. The first kappa shape index (κ1) is 15.9. The van der Waals surface area contributed by atoms with E-state index < -0.39 is 21.4 Å². The van der Waals surface area contributed by atoms with Crippen molar-refractivity contribution in [1.29, 1.82) is 5.26 Å². The first-order valence-electron chi connectivity index (χ1n) is 6.99. The number of rotatable bonds is 3. The van der Waals surface area contributed by atoms with Crippen molar-refractivity contribution in [2.75, 3.05) is 0 Å². The lowest BCUT2D eigenvalue weighted by molar-refractivity contribution is 0.270. The zero-order chi connectivity index (χ0) is 15.7. The van der Waals surface area contributed by atoms with Gasteiger partial charge in [-0.15, -0.1) is 0 Å². The monoisotopic (exact) mass is 310 g/mol. The van der Waals surface area contributed by atoms with E-state index in [0.29, 0.717) is 18.8 Å². The van der Waals surface area contributed by atoms with Crippen LogP contribution < -0.4 is 4.72 Å². The van der Waals surface area contributed by atoms with Gasteiger partial charge in [-0.25, -0.2) is 12.8 Å². The standard InChI is InChI=1S/C15H19FN2O2S/c1-11-4-3-7-15(9-11,10-17)18-21(19,20)13-5-6-14(16)12(2)8-13/h5-6,8,11,18H,3-4,7,9H2,1-2H3/t11-,15+/m1/s1. The average molecular weight is 310 g/mol. The molecule has 114 valence electrons. The van der Waals surface area contributed by atoms with Gasteiger partial charge in [-0.1, -0.05) is 19.8 Å². The zero-order valence-electron chi connectivity index (χ0n) is 12.2. The molecule has 0 saturated heterocycles. The van der Waals surface area contributed by atoms with Crippen LogP contribution in [0.1, 0.15) is 38.2 Å². The van der Waals surface area contributed by atoms with E-state index >= 15 is 0 Å². The molecule has 2 atom stereocenters. The molecule has 0 amide bonds. The van der Waals surface area contributed by atoms with Crippen LogP contribution >= 0.6 is 0 Å². The van der Waals surface area contributed by atoms with Gasteiger partial charge in [0, 0.05) is 0 Å². The number of benzene rings is 1. The summed E-state index contributed by atoms with van der Waals surface area (Å²) in [4.78, 5) is -0.00532. The topological polar surface area (TPSA) is 70.0 Å². The van der Waals surface area contributed by atoms with Crippen molar-refractivity contribution in [3.05, 3.63) is 29.6 Å². The van der Waals surface area contributed by atoms with E-state index in [1.807, 2.05) is 6.92 Å². The Labute approximate surface area is 125 Å². The summed E-state index contributed by atoms with van der Waals surface area (Å²) >= 11 is 0. The van der Waals surface area contributed by atoms with Gasteiger partial charge in [0.25, 0.3) is 0 Å². The highest BCUT2D eigenvalue weighted by atomic mass is 32.2. The number of aryl methyl sites for hydroxylation is 1.